The molecule has 0 saturated carbocycles. The van der Waals surface area contributed by atoms with Crippen LogP contribution in [-0.4, -0.2) is 23.3 Å². The first kappa shape index (κ1) is 15.0. The number of anilines is 1. The molecule has 3 rings (SSSR count). The standard InChI is InChI=1S/C18H22N2O2/c1-18(9-10-22-13-18)15-7-8-17(20-16(15)12-21)19-11-14-5-3-2-4-6-14/h2-8,21H,9-13H2,1H3,(H,19,20). The highest BCUT2D eigenvalue weighted by atomic mass is 16.5. The molecule has 1 unspecified atom stereocenters. The molecule has 1 aliphatic rings. The Kier molecular flexibility index (Phi) is 4.41. The van der Waals surface area contributed by atoms with Gasteiger partial charge in [0.05, 0.1) is 18.9 Å². The third-order valence-electron chi connectivity index (χ3n) is 4.31. The normalized spacial score (nSPS) is 21.0. The van der Waals surface area contributed by atoms with Crippen molar-refractivity contribution in [1.29, 1.82) is 0 Å². The number of nitrogens with zero attached hydrogens (tertiary/aromatic N) is 1. The quantitative estimate of drug-likeness (QED) is 0.891. The molecule has 0 bridgehead atoms. The van der Waals surface area contributed by atoms with Crippen molar-refractivity contribution in [2.24, 2.45) is 0 Å². The number of aliphatic hydroxyl groups excluding tert-OH is 1. The number of pyridine rings is 1. The second-order valence-corrected chi connectivity index (χ2v) is 6.05. The van der Waals surface area contributed by atoms with Crippen LogP contribution in [0.3, 0.4) is 0 Å². The van der Waals surface area contributed by atoms with E-state index in [1.54, 1.807) is 0 Å². The predicted molar refractivity (Wildman–Crippen MR) is 86.7 cm³/mol. The summed E-state index contributed by atoms with van der Waals surface area (Å²) in [6.07, 6.45) is 0.971. The largest absolute Gasteiger partial charge is 0.390 e. The molecule has 4 heteroatoms. The summed E-state index contributed by atoms with van der Waals surface area (Å²) in [5, 5.41) is 13.0. The number of aromatic nitrogens is 1. The highest BCUT2D eigenvalue weighted by molar-refractivity contribution is 5.42. The monoisotopic (exact) mass is 298 g/mol. The Labute approximate surface area is 131 Å². The molecule has 1 fully saturated rings. The maximum Gasteiger partial charge on any atom is 0.126 e. The summed E-state index contributed by atoms with van der Waals surface area (Å²) < 4.78 is 5.52. The number of aliphatic hydroxyl groups is 1. The van der Waals surface area contributed by atoms with E-state index in [0.29, 0.717) is 6.61 Å². The van der Waals surface area contributed by atoms with Gasteiger partial charge in [0, 0.05) is 18.6 Å². The molecule has 0 radical (unpaired) electrons. The van der Waals surface area contributed by atoms with E-state index in [9.17, 15) is 5.11 Å². The molecule has 4 nitrogen and oxygen atoms in total. The van der Waals surface area contributed by atoms with Gasteiger partial charge in [-0.2, -0.15) is 0 Å². The first-order chi connectivity index (χ1) is 10.7. The molecule has 2 aromatic rings. The fraction of sp³-hybridized carbons (Fsp3) is 0.389. The Balaban J connectivity index is 1.77. The fourth-order valence-corrected chi connectivity index (χ4v) is 2.94. The van der Waals surface area contributed by atoms with E-state index in [0.717, 1.165) is 36.6 Å². The van der Waals surface area contributed by atoms with Gasteiger partial charge in [-0.15, -0.1) is 0 Å². The number of benzene rings is 1. The summed E-state index contributed by atoms with van der Waals surface area (Å²) >= 11 is 0. The molecule has 1 aliphatic heterocycles. The van der Waals surface area contributed by atoms with Gasteiger partial charge in [-0.25, -0.2) is 4.98 Å². The molecule has 0 amide bonds. The Morgan fingerprint density at radius 1 is 1.23 bits per heavy atom. The summed E-state index contributed by atoms with van der Waals surface area (Å²) in [4.78, 5) is 4.58. The molecule has 2 N–H and O–H groups in total. The molecule has 0 aliphatic carbocycles. The fourth-order valence-electron chi connectivity index (χ4n) is 2.94. The number of ether oxygens (including phenoxy) is 1. The second kappa shape index (κ2) is 6.46. The highest BCUT2D eigenvalue weighted by Crippen LogP contribution is 2.34. The van der Waals surface area contributed by atoms with E-state index < -0.39 is 0 Å². The van der Waals surface area contributed by atoms with E-state index in [-0.39, 0.29) is 12.0 Å². The lowest BCUT2D eigenvalue weighted by Gasteiger charge is -2.24. The maximum atomic E-state index is 9.67. The minimum atomic E-state index is -0.0498. The highest BCUT2D eigenvalue weighted by Gasteiger charge is 2.34. The lowest BCUT2D eigenvalue weighted by atomic mass is 9.81. The zero-order valence-electron chi connectivity index (χ0n) is 12.9. The van der Waals surface area contributed by atoms with Crippen molar-refractivity contribution < 1.29 is 9.84 Å². The maximum absolute atomic E-state index is 9.67. The number of rotatable bonds is 5. The first-order valence-corrected chi connectivity index (χ1v) is 7.68. The lowest BCUT2D eigenvalue weighted by Crippen LogP contribution is -2.24. The van der Waals surface area contributed by atoms with E-state index >= 15 is 0 Å². The van der Waals surface area contributed by atoms with Crippen molar-refractivity contribution in [3.05, 3.63) is 59.3 Å². The molecular weight excluding hydrogens is 276 g/mol. The van der Waals surface area contributed by atoms with Crippen LogP contribution < -0.4 is 5.32 Å². The average Bonchev–Trinajstić information content (AvgIpc) is 3.01. The third kappa shape index (κ3) is 3.13. The molecule has 1 aromatic heterocycles. The van der Waals surface area contributed by atoms with Crippen molar-refractivity contribution in [3.8, 4) is 0 Å². The van der Waals surface area contributed by atoms with Crippen LogP contribution in [0.1, 0.15) is 30.2 Å². The smallest absolute Gasteiger partial charge is 0.126 e. The summed E-state index contributed by atoms with van der Waals surface area (Å²) in [6.45, 7) is 4.31. The number of hydrogen-bond acceptors (Lipinski definition) is 4. The third-order valence-corrected chi connectivity index (χ3v) is 4.31. The Morgan fingerprint density at radius 3 is 2.73 bits per heavy atom. The molecule has 116 valence electrons. The summed E-state index contributed by atoms with van der Waals surface area (Å²) in [7, 11) is 0. The Morgan fingerprint density at radius 2 is 2.05 bits per heavy atom. The minimum absolute atomic E-state index is 0.0387. The molecule has 1 aromatic carbocycles. The van der Waals surface area contributed by atoms with Crippen LogP contribution in [0.5, 0.6) is 0 Å². The van der Waals surface area contributed by atoms with Crippen LogP contribution in [0, 0.1) is 0 Å². The summed E-state index contributed by atoms with van der Waals surface area (Å²) in [5.74, 6) is 0.791. The number of nitrogens with one attached hydrogen (secondary N) is 1. The Hall–Kier alpha value is -1.91. The second-order valence-electron chi connectivity index (χ2n) is 6.05. The van der Waals surface area contributed by atoms with Gasteiger partial charge in [0.1, 0.15) is 5.82 Å². The van der Waals surface area contributed by atoms with Gasteiger partial charge in [0.15, 0.2) is 0 Å². The van der Waals surface area contributed by atoms with E-state index in [4.69, 9.17) is 4.74 Å². The van der Waals surface area contributed by atoms with Crippen LogP contribution in [0.25, 0.3) is 0 Å². The SMILES string of the molecule is CC1(c2ccc(NCc3ccccc3)nc2CO)CCOC1. The van der Waals surface area contributed by atoms with Gasteiger partial charge in [0.2, 0.25) is 0 Å². The number of hydrogen-bond donors (Lipinski definition) is 2. The van der Waals surface area contributed by atoms with Crippen LogP contribution >= 0.6 is 0 Å². The van der Waals surface area contributed by atoms with E-state index in [2.05, 4.69) is 35.4 Å². The summed E-state index contributed by atoms with van der Waals surface area (Å²) in [6, 6.07) is 14.3. The van der Waals surface area contributed by atoms with Gasteiger partial charge >= 0.3 is 0 Å². The Bertz CT molecular complexity index is 622. The average molecular weight is 298 g/mol. The van der Waals surface area contributed by atoms with Gasteiger partial charge in [-0.3, -0.25) is 0 Å². The van der Waals surface area contributed by atoms with Crippen LogP contribution in [0.15, 0.2) is 42.5 Å². The summed E-state index contributed by atoms with van der Waals surface area (Å²) in [5.41, 5.74) is 3.00. The van der Waals surface area contributed by atoms with Gasteiger partial charge in [0.25, 0.3) is 0 Å². The zero-order chi connectivity index (χ0) is 15.4. The molecule has 1 atom stereocenters. The zero-order valence-corrected chi connectivity index (χ0v) is 12.9. The van der Waals surface area contributed by atoms with Crippen LogP contribution in [-0.2, 0) is 23.3 Å². The van der Waals surface area contributed by atoms with Crippen molar-refractivity contribution in [1.82, 2.24) is 4.98 Å². The first-order valence-electron chi connectivity index (χ1n) is 7.68. The molecule has 2 heterocycles. The molecule has 1 saturated heterocycles. The molecular formula is C18H22N2O2. The predicted octanol–water partition coefficient (Wildman–Crippen LogP) is 2.86. The molecule has 0 spiro atoms. The van der Waals surface area contributed by atoms with E-state index in [1.165, 1.54) is 5.56 Å². The van der Waals surface area contributed by atoms with Crippen molar-refractivity contribution >= 4 is 5.82 Å². The van der Waals surface area contributed by atoms with E-state index in [1.807, 2.05) is 24.3 Å². The van der Waals surface area contributed by atoms with Gasteiger partial charge < -0.3 is 15.2 Å². The van der Waals surface area contributed by atoms with Crippen molar-refractivity contribution in [3.63, 3.8) is 0 Å². The van der Waals surface area contributed by atoms with Crippen LogP contribution in [0.2, 0.25) is 0 Å². The van der Waals surface area contributed by atoms with Crippen molar-refractivity contribution in [2.45, 2.75) is 31.9 Å². The van der Waals surface area contributed by atoms with Crippen LogP contribution in [0.4, 0.5) is 5.82 Å². The lowest BCUT2D eigenvalue weighted by molar-refractivity contribution is 0.179. The molecule has 22 heavy (non-hydrogen) atoms. The van der Waals surface area contributed by atoms with Crippen molar-refractivity contribution in [2.75, 3.05) is 18.5 Å². The minimum Gasteiger partial charge on any atom is -0.390 e. The van der Waals surface area contributed by atoms with Gasteiger partial charge in [-0.05, 0) is 23.6 Å². The topological polar surface area (TPSA) is 54.4 Å². The van der Waals surface area contributed by atoms with Gasteiger partial charge in [-0.1, -0.05) is 43.3 Å².